The number of alkyl carbamates (subject to hydrolysis) is 1. The second-order valence-electron chi connectivity index (χ2n) is 9.55. The Morgan fingerprint density at radius 3 is 2.34 bits per heavy atom. The summed E-state index contributed by atoms with van der Waals surface area (Å²) in [5.41, 5.74) is 7.93. The molecular formula is C33H26ClN3O3S. The fourth-order valence-corrected chi connectivity index (χ4v) is 6.55. The van der Waals surface area contributed by atoms with Gasteiger partial charge in [0.05, 0.1) is 11.6 Å². The highest BCUT2D eigenvalue weighted by atomic mass is 35.5. The van der Waals surface area contributed by atoms with Crippen LogP contribution in [-0.2, 0) is 17.9 Å². The molecule has 2 N–H and O–H groups in total. The number of fused-ring (bicyclic) bond motifs is 3. The Morgan fingerprint density at radius 1 is 0.902 bits per heavy atom. The number of pyridine rings is 2. The highest BCUT2D eigenvalue weighted by Gasteiger charge is 2.29. The van der Waals surface area contributed by atoms with Gasteiger partial charge in [-0.25, -0.2) is 9.78 Å². The van der Waals surface area contributed by atoms with Gasteiger partial charge in [0.1, 0.15) is 11.6 Å². The molecule has 1 aliphatic carbocycles. The number of carbonyl (C=O) groups is 1. The van der Waals surface area contributed by atoms with Gasteiger partial charge in [0.25, 0.3) is 0 Å². The Hall–Kier alpha value is -4.17. The van der Waals surface area contributed by atoms with Crippen molar-refractivity contribution in [3.05, 3.63) is 131 Å². The summed E-state index contributed by atoms with van der Waals surface area (Å²) in [6.07, 6.45) is 4.64. The monoisotopic (exact) mass is 579 g/mol. The van der Waals surface area contributed by atoms with Gasteiger partial charge in [-0.1, -0.05) is 90.1 Å². The Kier molecular flexibility index (Phi) is 8.00. The molecule has 0 atom stereocenters. The van der Waals surface area contributed by atoms with Gasteiger partial charge >= 0.3 is 6.09 Å². The molecule has 1 amide bonds. The van der Waals surface area contributed by atoms with Gasteiger partial charge in [-0.15, -0.1) is 0 Å². The first-order chi connectivity index (χ1) is 20.1. The quantitative estimate of drug-likeness (QED) is 0.198. The Bertz CT molecular complexity index is 1670. The van der Waals surface area contributed by atoms with Gasteiger partial charge in [-0.3, -0.25) is 4.98 Å². The van der Waals surface area contributed by atoms with Crippen molar-refractivity contribution in [2.24, 2.45) is 0 Å². The number of hydrogen-bond acceptors (Lipinski definition) is 6. The Labute approximate surface area is 247 Å². The molecule has 5 aromatic rings. The van der Waals surface area contributed by atoms with E-state index in [9.17, 15) is 9.90 Å². The number of aliphatic hydroxyl groups excluding tert-OH is 1. The summed E-state index contributed by atoms with van der Waals surface area (Å²) < 4.78 is 5.78. The van der Waals surface area contributed by atoms with Crippen molar-refractivity contribution >= 4 is 29.5 Å². The van der Waals surface area contributed by atoms with E-state index in [1.54, 1.807) is 24.7 Å². The number of hydrogen-bond donors (Lipinski definition) is 2. The summed E-state index contributed by atoms with van der Waals surface area (Å²) in [6, 6.07) is 27.7. The number of aliphatic hydroxyl groups is 1. The molecule has 0 saturated carbocycles. The van der Waals surface area contributed by atoms with Gasteiger partial charge in [0, 0.05) is 47.1 Å². The van der Waals surface area contributed by atoms with E-state index in [2.05, 4.69) is 39.6 Å². The lowest BCUT2D eigenvalue weighted by Gasteiger charge is -2.18. The van der Waals surface area contributed by atoms with Crippen LogP contribution in [0.5, 0.6) is 0 Å². The third-order valence-electron chi connectivity index (χ3n) is 7.16. The zero-order chi connectivity index (χ0) is 28.2. The smallest absolute Gasteiger partial charge is 0.407 e. The first-order valence-corrected chi connectivity index (χ1v) is 14.4. The molecule has 8 heteroatoms. The van der Waals surface area contributed by atoms with Gasteiger partial charge in [0.15, 0.2) is 0 Å². The van der Waals surface area contributed by atoms with E-state index in [1.165, 1.54) is 22.9 Å². The fraction of sp³-hybridized carbons (Fsp3) is 0.121. The van der Waals surface area contributed by atoms with Gasteiger partial charge in [-0.05, 0) is 51.6 Å². The van der Waals surface area contributed by atoms with Crippen LogP contribution in [0.4, 0.5) is 4.79 Å². The molecule has 2 heterocycles. The van der Waals surface area contributed by atoms with Crippen molar-refractivity contribution in [1.82, 2.24) is 15.3 Å². The normalized spacial score (nSPS) is 12.0. The van der Waals surface area contributed by atoms with Crippen LogP contribution in [0, 0.1) is 0 Å². The largest absolute Gasteiger partial charge is 0.449 e. The van der Waals surface area contributed by atoms with E-state index in [0.29, 0.717) is 15.6 Å². The fourth-order valence-electron chi connectivity index (χ4n) is 5.22. The standard InChI is InChI=1S/C33H26ClN3O3S/c34-30-14-13-23(21-7-5-15-35-17-21)28(31(30)41-32-22(19-38)8-6-16-36-32)18-37-33(39)40-20-29-26-11-3-1-9-24(26)25-10-2-4-12-27(25)29/h1-17,29,38H,18-20H2,(H,37,39). The van der Waals surface area contributed by atoms with E-state index in [1.807, 2.05) is 54.6 Å². The minimum atomic E-state index is -0.520. The second kappa shape index (κ2) is 12.1. The van der Waals surface area contributed by atoms with Crippen LogP contribution in [0.1, 0.15) is 28.2 Å². The van der Waals surface area contributed by atoms with Crippen molar-refractivity contribution in [2.45, 2.75) is 29.0 Å². The van der Waals surface area contributed by atoms with Crippen molar-refractivity contribution in [3.63, 3.8) is 0 Å². The maximum absolute atomic E-state index is 13.1. The van der Waals surface area contributed by atoms with Gasteiger partial charge < -0.3 is 15.2 Å². The summed E-state index contributed by atoms with van der Waals surface area (Å²) in [7, 11) is 0. The van der Waals surface area contributed by atoms with E-state index in [0.717, 1.165) is 32.7 Å². The minimum Gasteiger partial charge on any atom is -0.449 e. The molecule has 1 aliphatic rings. The first kappa shape index (κ1) is 27.0. The zero-order valence-electron chi connectivity index (χ0n) is 22.0. The number of amides is 1. The van der Waals surface area contributed by atoms with Crippen LogP contribution in [0.15, 0.2) is 113 Å². The molecule has 0 unspecified atom stereocenters. The summed E-state index contributed by atoms with van der Waals surface area (Å²) in [6.45, 7) is 0.245. The van der Waals surface area contributed by atoms with Crippen molar-refractivity contribution < 1.29 is 14.6 Å². The molecule has 0 aliphatic heterocycles. The molecule has 0 saturated heterocycles. The lowest BCUT2D eigenvalue weighted by atomic mass is 9.98. The highest BCUT2D eigenvalue weighted by molar-refractivity contribution is 7.99. The predicted molar refractivity (Wildman–Crippen MR) is 161 cm³/mol. The maximum atomic E-state index is 13.1. The number of halogens is 1. The Morgan fingerprint density at radius 2 is 1.63 bits per heavy atom. The van der Waals surface area contributed by atoms with Crippen LogP contribution >= 0.6 is 23.4 Å². The van der Waals surface area contributed by atoms with E-state index >= 15 is 0 Å². The van der Waals surface area contributed by atoms with Crippen LogP contribution in [-0.4, -0.2) is 27.8 Å². The summed E-state index contributed by atoms with van der Waals surface area (Å²) in [5.74, 6) is -0.0301. The predicted octanol–water partition coefficient (Wildman–Crippen LogP) is 7.48. The molecule has 204 valence electrons. The first-order valence-electron chi connectivity index (χ1n) is 13.2. The minimum absolute atomic E-state index is 0.0301. The van der Waals surface area contributed by atoms with Crippen molar-refractivity contribution in [1.29, 1.82) is 0 Å². The van der Waals surface area contributed by atoms with E-state index < -0.39 is 6.09 Å². The highest BCUT2D eigenvalue weighted by Crippen LogP contribution is 2.45. The number of carbonyl (C=O) groups excluding carboxylic acids is 1. The maximum Gasteiger partial charge on any atom is 0.407 e. The number of nitrogens with zero attached hydrogens (tertiary/aromatic N) is 2. The Balaban J connectivity index is 1.25. The number of aromatic nitrogens is 2. The van der Waals surface area contributed by atoms with Crippen molar-refractivity contribution in [3.8, 4) is 22.3 Å². The number of ether oxygens (including phenoxy) is 1. The van der Waals surface area contributed by atoms with E-state index in [-0.39, 0.29) is 25.7 Å². The lowest BCUT2D eigenvalue weighted by molar-refractivity contribution is 0.142. The summed E-state index contributed by atoms with van der Waals surface area (Å²) in [4.78, 5) is 22.5. The molecular weight excluding hydrogens is 554 g/mol. The van der Waals surface area contributed by atoms with Gasteiger partial charge in [-0.2, -0.15) is 0 Å². The molecule has 0 spiro atoms. The number of nitrogens with one attached hydrogen (secondary N) is 1. The SMILES string of the molecule is O=C(NCc1c(-c2cccnc2)ccc(Cl)c1Sc1ncccc1CO)OCC1c2ccccc2-c2ccccc21. The number of benzene rings is 3. The topological polar surface area (TPSA) is 84.3 Å². The van der Waals surface area contributed by atoms with Crippen LogP contribution in [0.25, 0.3) is 22.3 Å². The second-order valence-corrected chi connectivity index (χ2v) is 11.0. The average molecular weight is 580 g/mol. The molecule has 6 rings (SSSR count). The lowest BCUT2D eigenvalue weighted by Crippen LogP contribution is -2.26. The number of rotatable bonds is 8. The van der Waals surface area contributed by atoms with Crippen LogP contribution < -0.4 is 5.32 Å². The van der Waals surface area contributed by atoms with E-state index in [4.69, 9.17) is 16.3 Å². The molecule has 2 aromatic heterocycles. The average Bonchev–Trinajstić information content (AvgIpc) is 3.34. The summed E-state index contributed by atoms with van der Waals surface area (Å²) >= 11 is 8.08. The summed E-state index contributed by atoms with van der Waals surface area (Å²) in [5, 5.41) is 13.9. The zero-order valence-corrected chi connectivity index (χ0v) is 23.5. The molecule has 0 bridgehead atoms. The van der Waals surface area contributed by atoms with Crippen molar-refractivity contribution in [2.75, 3.05) is 6.61 Å². The van der Waals surface area contributed by atoms with Crippen LogP contribution in [0.2, 0.25) is 5.02 Å². The molecule has 6 nitrogen and oxygen atoms in total. The molecule has 0 radical (unpaired) electrons. The third kappa shape index (κ3) is 5.57. The molecule has 41 heavy (non-hydrogen) atoms. The third-order valence-corrected chi connectivity index (χ3v) is 8.82. The van der Waals surface area contributed by atoms with Crippen LogP contribution in [0.3, 0.4) is 0 Å². The van der Waals surface area contributed by atoms with Gasteiger partial charge in [0.2, 0.25) is 0 Å². The molecule has 0 fully saturated rings. The molecule has 3 aromatic carbocycles.